The van der Waals surface area contributed by atoms with Crippen LogP contribution in [-0.2, 0) is 17.8 Å². The zero-order valence-corrected chi connectivity index (χ0v) is 14.8. The predicted molar refractivity (Wildman–Crippen MR) is 96.9 cm³/mol. The van der Waals surface area contributed by atoms with Gasteiger partial charge in [0.1, 0.15) is 5.41 Å². The van der Waals surface area contributed by atoms with Gasteiger partial charge in [0.25, 0.3) is 0 Å². The Bertz CT molecular complexity index is 752. The summed E-state index contributed by atoms with van der Waals surface area (Å²) in [5.41, 5.74) is 0.695. The number of rotatable bonds is 6. The van der Waals surface area contributed by atoms with Gasteiger partial charge in [0.2, 0.25) is 5.88 Å². The molecule has 1 aliphatic rings. The van der Waals surface area contributed by atoms with Crippen molar-refractivity contribution in [3.8, 4) is 5.88 Å². The van der Waals surface area contributed by atoms with Crippen LogP contribution < -0.4 is 4.74 Å². The number of benzene rings is 1. The molecule has 1 aliphatic heterocycles. The molecule has 1 saturated heterocycles. The lowest BCUT2D eigenvalue weighted by atomic mass is 9.71. The fourth-order valence-corrected chi connectivity index (χ4v) is 3.64. The molecule has 0 bridgehead atoms. The van der Waals surface area contributed by atoms with E-state index in [1.165, 1.54) is 0 Å². The van der Waals surface area contributed by atoms with Gasteiger partial charge in [0.05, 0.1) is 13.2 Å². The van der Waals surface area contributed by atoms with Gasteiger partial charge >= 0.3 is 5.97 Å². The summed E-state index contributed by atoms with van der Waals surface area (Å²) in [6, 6.07) is 13.3. The number of hydrogen-bond acceptors (Lipinski definition) is 5. The Labute approximate surface area is 153 Å². The molecular formula is C20H24N2O4. The third-order valence-electron chi connectivity index (χ3n) is 5.17. The van der Waals surface area contributed by atoms with E-state index >= 15 is 0 Å². The lowest BCUT2D eigenvalue weighted by Gasteiger charge is -2.43. The minimum atomic E-state index is -1.16. The molecule has 2 aromatic rings. The van der Waals surface area contributed by atoms with Crippen molar-refractivity contribution >= 4 is 5.97 Å². The molecule has 0 radical (unpaired) electrons. The molecular weight excluding hydrogens is 332 g/mol. The average Bonchev–Trinajstić information content (AvgIpc) is 2.65. The summed E-state index contributed by atoms with van der Waals surface area (Å²) in [4.78, 5) is 18.3. The number of aliphatic carboxylic acids is 1. The molecule has 26 heavy (non-hydrogen) atoms. The highest BCUT2D eigenvalue weighted by Gasteiger charge is 2.48. The molecule has 2 atom stereocenters. The van der Waals surface area contributed by atoms with E-state index in [4.69, 9.17) is 4.74 Å². The van der Waals surface area contributed by atoms with Crippen molar-refractivity contribution in [3.05, 3.63) is 59.8 Å². The Morgan fingerprint density at radius 2 is 2.08 bits per heavy atom. The second-order valence-electron chi connectivity index (χ2n) is 6.80. The molecule has 2 N–H and O–H groups in total. The largest absolute Gasteiger partial charge is 0.481 e. The maximum Gasteiger partial charge on any atom is 0.312 e. The number of ether oxygens (including phenoxy) is 1. The number of carboxylic acid groups (broad SMARTS) is 1. The summed E-state index contributed by atoms with van der Waals surface area (Å²) < 4.78 is 5.28. The van der Waals surface area contributed by atoms with Crippen LogP contribution in [0.2, 0.25) is 0 Å². The lowest BCUT2D eigenvalue weighted by molar-refractivity contribution is -0.163. The first kappa shape index (κ1) is 18.4. The van der Waals surface area contributed by atoms with Gasteiger partial charge < -0.3 is 14.9 Å². The van der Waals surface area contributed by atoms with E-state index in [2.05, 4.69) is 9.88 Å². The van der Waals surface area contributed by atoms with Crippen molar-refractivity contribution in [1.82, 2.24) is 9.88 Å². The second-order valence-corrected chi connectivity index (χ2v) is 6.80. The van der Waals surface area contributed by atoms with Crippen LogP contribution in [0.3, 0.4) is 0 Å². The van der Waals surface area contributed by atoms with Crippen LogP contribution in [0.25, 0.3) is 0 Å². The smallest absolute Gasteiger partial charge is 0.312 e. The molecule has 2 heterocycles. The monoisotopic (exact) mass is 356 g/mol. The zero-order chi connectivity index (χ0) is 18.6. The van der Waals surface area contributed by atoms with Crippen molar-refractivity contribution in [2.24, 2.45) is 5.41 Å². The highest BCUT2D eigenvalue weighted by molar-refractivity contribution is 5.76. The number of aliphatic hydroxyl groups excluding tert-OH is 1. The number of likely N-dealkylation sites (tertiary alicyclic amines) is 1. The number of carboxylic acids is 1. The summed E-state index contributed by atoms with van der Waals surface area (Å²) >= 11 is 0. The summed E-state index contributed by atoms with van der Waals surface area (Å²) in [5, 5.41) is 20.6. The Morgan fingerprint density at radius 3 is 2.73 bits per heavy atom. The Balaban J connectivity index is 1.74. The fraction of sp³-hybridized carbons (Fsp3) is 0.400. The standard InChI is InChI=1S/C20H24N2O4/c1-26-18-16(8-5-10-21-18)13-22-11-9-20(19(24)25,17(23)14-22)12-15-6-3-2-4-7-15/h2-8,10,17,23H,9,11-14H2,1H3,(H,24,25)/t17-,20+/m0/s1. The van der Waals surface area contributed by atoms with E-state index in [0.29, 0.717) is 38.4 Å². The molecule has 1 aromatic carbocycles. The number of piperidine rings is 1. The Morgan fingerprint density at radius 1 is 1.31 bits per heavy atom. The summed E-state index contributed by atoms with van der Waals surface area (Å²) in [6.07, 6.45) is 1.44. The van der Waals surface area contributed by atoms with Gasteiger partial charge in [-0.3, -0.25) is 9.69 Å². The van der Waals surface area contributed by atoms with Gasteiger partial charge in [-0.2, -0.15) is 0 Å². The molecule has 0 unspecified atom stereocenters. The molecule has 0 amide bonds. The molecule has 138 valence electrons. The van der Waals surface area contributed by atoms with Gasteiger partial charge in [-0.05, 0) is 31.0 Å². The first-order valence-corrected chi connectivity index (χ1v) is 8.71. The number of aromatic nitrogens is 1. The van der Waals surface area contributed by atoms with Crippen LogP contribution in [0, 0.1) is 5.41 Å². The van der Waals surface area contributed by atoms with Crippen LogP contribution in [0.15, 0.2) is 48.7 Å². The minimum absolute atomic E-state index is 0.303. The van der Waals surface area contributed by atoms with E-state index in [9.17, 15) is 15.0 Å². The topological polar surface area (TPSA) is 82.9 Å². The summed E-state index contributed by atoms with van der Waals surface area (Å²) in [7, 11) is 1.58. The van der Waals surface area contributed by atoms with Crippen molar-refractivity contribution in [1.29, 1.82) is 0 Å². The number of hydrogen-bond donors (Lipinski definition) is 2. The molecule has 1 aromatic heterocycles. The van der Waals surface area contributed by atoms with Gasteiger partial charge in [-0.25, -0.2) is 4.98 Å². The van der Waals surface area contributed by atoms with Gasteiger partial charge in [-0.1, -0.05) is 36.4 Å². The molecule has 0 saturated carbocycles. The maximum absolute atomic E-state index is 12.0. The van der Waals surface area contributed by atoms with Crippen LogP contribution in [0.5, 0.6) is 5.88 Å². The van der Waals surface area contributed by atoms with Crippen molar-refractivity contribution in [2.45, 2.75) is 25.5 Å². The average molecular weight is 356 g/mol. The molecule has 1 fully saturated rings. The number of nitrogens with zero attached hydrogens (tertiary/aromatic N) is 2. The third-order valence-corrected chi connectivity index (χ3v) is 5.17. The van der Waals surface area contributed by atoms with Crippen LogP contribution >= 0.6 is 0 Å². The lowest BCUT2D eigenvalue weighted by Crippen LogP contribution is -2.55. The van der Waals surface area contributed by atoms with Crippen LogP contribution in [-0.4, -0.2) is 52.4 Å². The van der Waals surface area contributed by atoms with Gasteiger partial charge in [-0.15, -0.1) is 0 Å². The number of methoxy groups -OCH3 is 1. The number of carbonyl (C=O) groups is 1. The minimum Gasteiger partial charge on any atom is -0.481 e. The molecule has 3 rings (SSSR count). The molecule has 6 heteroatoms. The van der Waals surface area contributed by atoms with Crippen molar-refractivity contribution in [3.63, 3.8) is 0 Å². The Kier molecular flexibility index (Phi) is 5.54. The van der Waals surface area contributed by atoms with E-state index in [1.54, 1.807) is 13.3 Å². The first-order valence-electron chi connectivity index (χ1n) is 8.71. The van der Waals surface area contributed by atoms with E-state index in [0.717, 1.165) is 11.1 Å². The van der Waals surface area contributed by atoms with Crippen LogP contribution in [0.4, 0.5) is 0 Å². The van der Waals surface area contributed by atoms with E-state index in [1.807, 2.05) is 42.5 Å². The number of pyridine rings is 1. The van der Waals surface area contributed by atoms with Gasteiger partial charge in [0, 0.05) is 24.8 Å². The highest BCUT2D eigenvalue weighted by atomic mass is 16.5. The normalized spacial score (nSPS) is 23.5. The summed E-state index contributed by atoms with van der Waals surface area (Å²) in [6.45, 7) is 1.46. The second kappa shape index (κ2) is 7.85. The van der Waals surface area contributed by atoms with Crippen molar-refractivity contribution < 1.29 is 19.7 Å². The predicted octanol–water partition coefficient (Wildman–Crippen LogP) is 1.97. The highest BCUT2D eigenvalue weighted by Crippen LogP contribution is 2.36. The first-order chi connectivity index (χ1) is 12.5. The number of aliphatic hydroxyl groups is 1. The zero-order valence-electron chi connectivity index (χ0n) is 14.8. The van der Waals surface area contributed by atoms with Crippen LogP contribution in [0.1, 0.15) is 17.5 Å². The van der Waals surface area contributed by atoms with E-state index in [-0.39, 0.29) is 0 Å². The SMILES string of the molecule is COc1ncccc1CN1CC[C@](Cc2ccccc2)(C(=O)O)[C@@H](O)C1. The molecule has 0 spiro atoms. The Hall–Kier alpha value is -2.44. The third kappa shape index (κ3) is 3.71. The number of β-amino-alcohol motifs (C(OH)–C–C–N with tert-alkyl or cyclic N) is 1. The van der Waals surface area contributed by atoms with Gasteiger partial charge in [0.15, 0.2) is 0 Å². The molecule has 6 nitrogen and oxygen atoms in total. The quantitative estimate of drug-likeness (QED) is 0.823. The maximum atomic E-state index is 12.0. The summed E-state index contributed by atoms with van der Waals surface area (Å²) in [5.74, 6) is -0.381. The van der Waals surface area contributed by atoms with Crippen molar-refractivity contribution in [2.75, 3.05) is 20.2 Å². The van der Waals surface area contributed by atoms with E-state index < -0.39 is 17.5 Å². The fourth-order valence-electron chi connectivity index (χ4n) is 3.64. The molecule has 0 aliphatic carbocycles.